The molecule has 0 saturated carbocycles. The van der Waals surface area contributed by atoms with Crippen LogP contribution in [0.15, 0.2) is 48.5 Å². The highest BCUT2D eigenvalue weighted by atomic mass is 32.1. The second-order valence-corrected chi connectivity index (χ2v) is 4.77. The van der Waals surface area contributed by atoms with Gasteiger partial charge in [-0.15, -0.1) is 0 Å². The number of carbonyl (C=O) groups excluding carboxylic acids is 1. The minimum atomic E-state index is -0.221. The highest BCUT2D eigenvalue weighted by Crippen LogP contribution is 2.19. The number of phenolic OH excluding ortho intramolecular Hbond substituents is 1. The molecule has 0 atom stereocenters. The molecule has 2 rings (SSSR count). The smallest absolute Gasteiger partial charge is 0.258 e. The third-order valence-corrected chi connectivity index (χ3v) is 3.15. The lowest BCUT2D eigenvalue weighted by atomic mass is 10.1. The van der Waals surface area contributed by atoms with E-state index >= 15 is 0 Å². The van der Waals surface area contributed by atoms with Gasteiger partial charge in [0.15, 0.2) is 0 Å². The van der Waals surface area contributed by atoms with Gasteiger partial charge in [0.25, 0.3) is 5.91 Å². The average Bonchev–Trinajstić information content (AvgIpc) is 2.45. The van der Waals surface area contributed by atoms with Gasteiger partial charge in [0.2, 0.25) is 0 Å². The third-order valence-electron chi connectivity index (χ3n) is 2.92. The van der Waals surface area contributed by atoms with Gasteiger partial charge in [0.05, 0.1) is 0 Å². The zero-order valence-electron chi connectivity index (χ0n) is 10.9. The Labute approximate surface area is 122 Å². The second-order valence-electron chi connectivity index (χ2n) is 4.33. The first-order valence-corrected chi connectivity index (χ1v) is 6.37. The molecule has 2 aromatic rings. The van der Waals surface area contributed by atoms with E-state index in [0.29, 0.717) is 16.8 Å². The molecule has 0 unspecified atom stereocenters. The number of phenols is 1. The standard InChI is InChI=1S/C15H14N2O2S/c1-17(12-6-2-4-10(8-12)14(16)20)15(19)11-5-3-7-13(18)9-11/h2-9,18H,1H3,(H2,16,20). The van der Waals surface area contributed by atoms with Gasteiger partial charge in [-0.2, -0.15) is 0 Å². The predicted molar refractivity (Wildman–Crippen MR) is 83.2 cm³/mol. The van der Waals surface area contributed by atoms with Gasteiger partial charge in [-0.05, 0) is 30.3 Å². The van der Waals surface area contributed by atoms with Crippen molar-refractivity contribution < 1.29 is 9.90 Å². The number of nitrogens with zero attached hydrogens (tertiary/aromatic N) is 1. The molecular weight excluding hydrogens is 272 g/mol. The van der Waals surface area contributed by atoms with Crippen LogP contribution in [0.25, 0.3) is 0 Å². The molecule has 0 aliphatic carbocycles. The van der Waals surface area contributed by atoms with Crippen LogP contribution in [-0.2, 0) is 0 Å². The topological polar surface area (TPSA) is 66.6 Å². The summed E-state index contributed by atoms with van der Waals surface area (Å²) in [6.45, 7) is 0. The van der Waals surface area contributed by atoms with Gasteiger partial charge in [-0.1, -0.05) is 30.4 Å². The normalized spacial score (nSPS) is 10.1. The Morgan fingerprint density at radius 1 is 1.15 bits per heavy atom. The number of aromatic hydroxyl groups is 1. The summed E-state index contributed by atoms with van der Waals surface area (Å²) in [6.07, 6.45) is 0. The number of rotatable bonds is 3. The first kappa shape index (κ1) is 14.0. The summed E-state index contributed by atoms with van der Waals surface area (Å²) in [7, 11) is 1.66. The number of benzene rings is 2. The number of amides is 1. The molecule has 0 aliphatic rings. The van der Waals surface area contributed by atoms with Crippen LogP contribution in [0.1, 0.15) is 15.9 Å². The first-order chi connectivity index (χ1) is 9.49. The summed E-state index contributed by atoms with van der Waals surface area (Å²) in [6, 6.07) is 13.3. The molecule has 102 valence electrons. The fourth-order valence-electron chi connectivity index (χ4n) is 1.82. The van der Waals surface area contributed by atoms with Crippen LogP contribution in [0.2, 0.25) is 0 Å². The highest BCUT2D eigenvalue weighted by molar-refractivity contribution is 7.80. The molecule has 0 radical (unpaired) electrons. The van der Waals surface area contributed by atoms with Crippen molar-refractivity contribution in [3.8, 4) is 5.75 Å². The van der Waals surface area contributed by atoms with E-state index in [1.165, 1.54) is 17.0 Å². The maximum atomic E-state index is 12.3. The van der Waals surface area contributed by atoms with Crippen molar-refractivity contribution in [2.24, 2.45) is 5.73 Å². The quantitative estimate of drug-likeness (QED) is 0.850. The summed E-state index contributed by atoms with van der Waals surface area (Å²) in [5.74, 6) is -0.165. The second kappa shape index (κ2) is 5.71. The lowest BCUT2D eigenvalue weighted by Gasteiger charge is -2.18. The Balaban J connectivity index is 2.31. The SMILES string of the molecule is CN(C(=O)c1cccc(O)c1)c1cccc(C(N)=S)c1. The fraction of sp³-hybridized carbons (Fsp3) is 0.0667. The lowest BCUT2D eigenvalue weighted by molar-refractivity contribution is 0.0992. The van der Waals surface area contributed by atoms with Gasteiger partial charge in [0, 0.05) is 23.9 Å². The van der Waals surface area contributed by atoms with Crippen LogP contribution in [0.5, 0.6) is 5.75 Å². The van der Waals surface area contributed by atoms with Crippen molar-refractivity contribution in [2.45, 2.75) is 0 Å². The van der Waals surface area contributed by atoms with Gasteiger partial charge in [-0.3, -0.25) is 4.79 Å². The van der Waals surface area contributed by atoms with Gasteiger partial charge in [0.1, 0.15) is 10.7 Å². The zero-order chi connectivity index (χ0) is 14.7. The molecule has 0 saturated heterocycles. The van der Waals surface area contributed by atoms with Crippen molar-refractivity contribution >= 4 is 28.8 Å². The number of anilines is 1. The average molecular weight is 286 g/mol. The van der Waals surface area contributed by atoms with E-state index in [9.17, 15) is 9.90 Å². The van der Waals surface area contributed by atoms with Crippen molar-refractivity contribution in [3.05, 3.63) is 59.7 Å². The molecule has 2 aromatic carbocycles. The first-order valence-electron chi connectivity index (χ1n) is 5.96. The van der Waals surface area contributed by atoms with Crippen LogP contribution in [0, 0.1) is 0 Å². The number of hydrogen-bond acceptors (Lipinski definition) is 3. The summed E-state index contributed by atoms with van der Waals surface area (Å²) in [4.78, 5) is 14.1. The Morgan fingerprint density at radius 3 is 2.45 bits per heavy atom. The van der Waals surface area contributed by atoms with Crippen molar-refractivity contribution in [1.82, 2.24) is 0 Å². The van der Waals surface area contributed by atoms with Crippen LogP contribution < -0.4 is 10.6 Å². The zero-order valence-corrected chi connectivity index (χ0v) is 11.7. The number of nitrogens with two attached hydrogens (primary N) is 1. The number of hydrogen-bond donors (Lipinski definition) is 2. The summed E-state index contributed by atoms with van der Waals surface area (Å²) >= 11 is 4.93. The number of carbonyl (C=O) groups is 1. The molecule has 0 aromatic heterocycles. The van der Waals surface area contributed by atoms with Crippen molar-refractivity contribution in [3.63, 3.8) is 0 Å². The highest BCUT2D eigenvalue weighted by Gasteiger charge is 2.14. The predicted octanol–water partition coefficient (Wildman–Crippen LogP) is 2.30. The molecule has 5 heteroatoms. The molecule has 0 aliphatic heterocycles. The van der Waals surface area contributed by atoms with Crippen LogP contribution >= 0.6 is 12.2 Å². The van der Waals surface area contributed by atoms with Crippen LogP contribution in [0.4, 0.5) is 5.69 Å². The fourth-order valence-corrected chi connectivity index (χ4v) is 1.94. The van der Waals surface area contributed by atoms with Crippen molar-refractivity contribution in [2.75, 3.05) is 11.9 Å². The Kier molecular flexibility index (Phi) is 4.00. The molecule has 0 heterocycles. The maximum absolute atomic E-state index is 12.3. The van der Waals surface area contributed by atoms with Crippen LogP contribution in [-0.4, -0.2) is 23.0 Å². The summed E-state index contributed by atoms with van der Waals surface area (Å²) in [5.41, 5.74) is 7.38. The van der Waals surface area contributed by atoms with Crippen molar-refractivity contribution in [1.29, 1.82) is 0 Å². The molecule has 0 bridgehead atoms. The minimum absolute atomic E-state index is 0.0566. The Hall–Kier alpha value is -2.40. The van der Waals surface area contributed by atoms with E-state index in [4.69, 9.17) is 18.0 Å². The molecule has 20 heavy (non-hydrogen) atoms. The summed E-state index contributed by atoms with van der Waals surface area (Å²) < 4.78 is 0. The van der Waals surface area contributed by atoms with E-state index in [1.807, 2.05) is 0 Å². The van der Waals surface area contributed by atoms with E-state index in [2.05, 4.69) is 0 Å². The van der Waals surface area contributed by atoms with E-state index in [1.54, 1.807) is 43.4 Å². The van der Waals surface area contributed by atoms with Gasteiger partial charge < -0.3 is 15.7 Å². The van der Waals surface area contributed by atoms with Crippen LogP contribution in [0.3, 0.4) is 0 Å². The Morgan fingerprint density at radius 2 is 1.80 bits per heavy atom. The third kappa shape index (κ3) is 2.95. The molecule has 0 spiro atoms. The largest absolute Gasteiger partial charge is 0.508 e. The van der Waals surface area contributed by atoms with E-state index in [-0.39, 0.29) is 16.6 Å². The minimum Gasteiger partial charge on any atom is -0.508 e. The van der Waals surface area contributed by atoms with Gasteiger partial charge >= 0.3 is 0 Å². The maximum Gasteiger partial charge on any atom is 0.258 e. The van der Waals surface area contributed by atoms with E-state index < -0.39 is 0 Å². The molecule has 1 amide bonds. The molecular formula is C15H14N2O2S. The Bertz CT molecular complexity index is 670. The lowest BCUT2D eigenvalue weighted by Crippen LogP contribution is -2.26. The number of thiocarbonyl (C=S) groups is 1. The van der Waals surface area contributed by atoms with Gasteiger partial charge in [-0.25, -0.2) is 0 Å². The summed E-state index contributed by atoms with van der Waals surface area (Å²) in [5, 5.41) is 9.43. The molecule has 0 fully saturated rings. The molecule has 3 N–H and O–H groups in total. The van der Waals surface area contributed by atoms with E-state index in [0.717, 1.165) is 0 Å². The monoisotopic (exact) mass is 286 g/mol. The molecule has 4 nitrogen and oxygen atoms in total.